The van der Waals surface area contributed by atoms with Crippen molar-refractivity contribution in [3.05, 3.63) is 23.8 Å². The van der Waals surface area contributed by atoms with Crippen LogP contribution in [0.1, 0.15) is 24.8 Å². The molecule has 2 aromatic rings. The minimum absolute atomic E-state index is 0.0433. The van der Waals surface area contributed by atoms with Gasteiger partial charge in [0.15, 0.2) is 5.13 Å². The van der Waals surface area contributed by atoms with Crippen molar-refractivity contribution in [2.75, 3.05) is 31.6 Å². The van der Waals surface area contributed by atoms with Crippen LogP contribution in [-0.4, -0.2) is 48.3 Å². The maximum atomic E-state index is 13.1. The monoisotopic (exact) mass is 371 g/mol. The van der Waals surface area contributed by atoms with Crippen molar-refractivity contribution in [1.82, 2.24) is 9.88 Å². The van der Waals surface area contributed by atoms with Crippen molar-refractivity contribution >= 4 is 26.7 Å². The Morgan fingerprint density at radius 1 is 1.20 bits per heavy atom. The maximum Gasteiger partial charge on any atom is 0.418 e. The van der Waals surface area contributed by atoms with E-state index in [1.165, 1.54) is 17.4 Å². The maximum absolute atomic E-state index is 13.1. The Labute approximate surface area is 148 Å². The van der Waals surface area contributed by atoms with Crippen LogP contribution < -0.4 is 5.32 Å². The summed E-state index contributed by atoms with van der Waals surface area (Å²) in [5, 5.41) is 3.92. The van der Waals surface area contributed by atoms with Crippen LogP contribution in [0.4, 0.5) is 18.3 Å². The number of rotatable bonds is 3. The van der Waals surface area contributed by atoms with Gasteiger partial charge in [-0.3, -0.25) is 4.90 Å². The molecule has 0 amide bonds. The Balaban J connectivity index is 1.46. The highest BCUT2D eigenvalue weighted by molar-refractivity contribution is 7.22. The molecule has 25 heavy (non-hydrogen) atoms. The molecule has 2 aliphatic heterocycles. The summed E-state index contributed by atoms with van der Waals surface area (Å²) in [6, 6.07) is 5.02. The fourth-order valence-electron chi connectivity index (χ4n) is 3.70. The average Bonchev–Trinajstić information content (AvgIpc) is 3.21. The number of hydrogen-bond donors (Lipinski definition) is 1. The van der Waals surface area contributed by atoms with E-state index in [9.17, 15) is 13.2 Å². The van der Waals surface area contributed by atoms with Gasteiger partial charge in [0.25, 0.3) is 0 Å². The summed E-state index contributed by atoms with van der Waals surface area (Å²) in [7, 11) is 0. The number of likely N-dealkylation sites (tertiary alicyclic amines) is 1. The number of alkyl halides is 3. The number of fused-ring (bicyclic) bond motifs is 1. The summed E-state index contributed by atoms with van der Waals surface area (Å²) in [5.41, 5.74) is -0.619. The molecule has 136 valence electrons. The lowest BCUT2D eigenvalue weighted by atomic mass is 10.1. The fraction of sp³-hybridized carbons (Fsp3) is 0.588. The molecule has 0 aliphatic carbocycles. The van der Waals surface area contributed by atoms with Crippen LogP contribution in [0, 0.1) is 0 Å². The van der Waals surface area contributed by atoms with Crippen molar-refractivity contribution < 1.29 is 17.9 Å². The largest absolute Gasteiger partial charge is 0.418 e. The molecule has 0 radical (unpaired) electrons. The van der Waals surface area contributed by atoms with Crippen LogP contribution in [0.15, 0.2) is 18.2 Å². The number of hydrogen-bond acceptors (Lipinski definition) is 5. The zero-order valence-electron chi connectivity index (χ0n) is 13.7. The first-order chi connectivity index (χ1) is 12.0. The van der Waals surface area contributed by atoms with Gasteiger partial charge in [-0.25, -0.2) is 4.98 Å². The van der Waals surface area contributed by atoms with Gasteiger partial charge in [0.1, 0.15) is 0 Å². The number of nitrogens with one attached hydrogen (secondary N) is 1. The van der Waals surface area contributed by atoms with Crippen molar-refractivity contribution in [1.29, 1.82) is 0 Å². The Bertz CT molecular complexity index is 742. The van der Waals surface area contributed by atoms with Crippen molar-refractivity contribution in [3.63, 3.8) is 0 Å². The van der Waals surface area contributed by atoms with Crippen LogP contribution in [0.3, 0.4) is 0 Å². The van der Waals surface area contributed by atoms with Gasteiger partial charge in [0.2, 0.25) is 0 Å². The lowest BCUT2D eigenvalue weighted by Crippen LogP contribution is -2.39. The number of nitrogens with zero attached hydrogens (tertiary/aromatic N) is 2. The summed E-state index contributed by atoms with van der Waals surface area (Å²) in [5.74, 6) is 0. The third-order valence-corrected chi connectivity index (χ3v) is 5.93. The molecular formula is C17H20F3N3OS. The zero-order valence-corrected chi connectivity index (χ0v) is 14.5. The van der Waals surface area contributed by atoms with E-state index >= 15 is 0 Å². The SMILES string of the molecule is FC(F)(F)c1cccc2sc(NC3CCN(C4CCOCC4)C3)nc12. The molecule has 1 aromatic heterocycles. The third kappa shape index (κ3) is 3.61. The minimum Gasteiger partial charge on any atom is -0.381 e. The first kappa shape index (κ1) is 17.1. The zero-order chi connectivity index (χ0) is 17.4. The fourth-order valence-corrected chi connectivity index (χ4v) is 4.67. The van der Waals surface area contributed by atoms with Gasteiger partial charge in [-0.05, 0) is 31.4 Å². The summed E-state index contributed by atoms with van der Waals surface area (Å²) in [6.07, 6.45) is -1.27. The van der Waals surface area contributed by atoms with Crippen LogP contribution in [-0.2, 0) is 10.9 Å². The van der Waals surface area contributed by atoms with E-state index in [0.717, 1.165) is 51.6 Å². The van der Waals surface area contributed by atoms with Crippen LogP contribution in [0.5, 0.6) is 0 Å². The summed E-state index contributed by atoms with van der Waals surface area (Å²) >= 11 is 1.29. The summed E-state index contributed by atoms with van der Waals surface area (Å²) in [4.78, 5) is 6.70. The number of thiazole rings is 1. The first-order valence-electron chi connectivity index (χ1n) is 8.56. The topological polar surface area (TPSA) is 37.4 Å². The van der Waals surface area contributed by atoms with E-state index in [-0.39, 0.29) is 11.6 Å². The number of para-hydroxylation sites is 1. The van der Waals surface area contributed by atoms with Gasteiger partial charge >= 0.3 is 6.18 Å². The van der Waals surface area contributed by atoms with Crippen molar-refractivity contribution in [2.24, 2.45) is 0 Å². The molecule has 1 unspecified atom stereocenters. The van der Waals surface area contributed by atoms with E-state index < -0.39 is 11.7 Å². The van der Waals surface area contributed by atoms with Gasteiger partial charge in [-0.15, -0.1) is 0 Å². The normalized spacial score (nSPS) is 23.4. The van der Waals surface area contributed by atoms with Gasteiger partial charge in [0, 0.05) is 38.4 Å². The molecule has 0 saturated carbocycles. The quantitative estimate of drug-likeness (QED) is 0.886. The number of ether oxygens (including phenoxy) is 1. The lowest BCUT2D eigenvalue weighted by Gasteiger charge is -2.31. The van der Waals surface area contributed by atoms with Crippen LogP contribution >= 0.6 is 11.3 Å². The van der Waals surface area contributed by atoms with Gasteiger partial charge in [0.05, 0.1) is 15.8 Å². The Morgan fingerprint density at radius 3 is 2.76 bits per heavy atom. The summed E-state index contributed by atoms with van der Waals surface area (Å²) < 4.78 is 45.3. The molecule has 2 aliphatic rings. The Hall–Kier alpha value is -1.38. The average molecular weight is 371 g/mol. The Morgan fingerprint density at radius 2 is 2.00 bits per heavy atom. The van der Waals surface area contributed by atoms with Gasteiger partial charge in [-0.2, -0.15) is 13.2 Å². The smallest absolute Gasteiger partial charge is 0.381 e. The highest BCUT2D eigenvalue weighted by Gasteiger charge is 2.34. The first-order valence-corrected chi connectivity index (χ1v) is 9.37. The second kappa shape index (κ2) is 6.74. The molecular weight excluding hydrogens is 351 g/mol. The molecule has 2 fully saturated rings. The molecule has 3 heterocycles. The molecule has 0 spiro atoms. The van der Waals surface area contributed by atoms with Crippen molar-refractivity contribution in [3.8, 4) is 0 Å². The number of halogens is 3. The predicted octanol–water partition coefficient (Wildman–Crippen LogP) is 3.98. The lowest BCUT2D eigenvalue weighted by molar-refractivity contribution is -0.136. The molecule has 1 aromatic carbocycles. The minimum atomic E-state index is -4.38. The summed E-state index contributed by atoms with van der Waals surface area (Å²) in [6.45, 7) is 3.56. The van der Waals surface area contributed by atoms with Gasteiger partial charge < -0.3 is 10.1 Å². The third-order valence-electron chi connectivity index (χ3n) is 4.98. The second-order valence-corrected chi connectivity index (χ2v) is 7.67. The standard InChI is InChI=1S/C17H20F3N3OS/c18-17(19,20)13-2-1-3-14-15(13)22-16(25-14)21-11-4-7-23(10-11)12-5-8-24-9-6-12/h1-3,11-12H,4-10H2,(H,21,22). The predicted molar refractivity (Wildman–Crippen MR) is 92.1 cm³/mol. The molecule has 0 bridgehead atoms. The van der Waals surface area contributed by atoms with Crippen LogP contribution in [0.25, 0.3) is 10.2 Å². The Kier molecular flexibility index (Phi) is 4.59. The van der Waals surface area contributed by atoms with E-state index in [1.807, 2.05) is 0 Å². The van der Waals surface area contributed by atoms with E-state index in [4.69, 9.17) is 4.74 Å². The molecule has 1 N–H and O–H groups in total. The number of benzene rings is 1. The van der Waals surface area contributed by atoms with Crippen LogP contribution in [0.2, 0.25) is 0 Å². The molecule has 8 heteroatoms. The van der Waals surface area contributed by atoms with Gasteiger partial charge in [-0.1, -0.05) is 17.4 Å². The molecule has 4 rings (SSSR count). The van der Waals surface area contributed by atoms with E-state index in [0.29, 0.717) is 15.9 Å². The second-order valence-electron chi connectivity index (χ2n) is 6.64. The molecule has 1 atom stereocenters. The number of aromatic nitrogens is 1. The van der Waals surface area contributed by atoms with Crippen molar-refractivity contribution in [2.45, 2.75) is 37.5 Å². The number of anilines is 1. The van der Waals surface area contributed by atoms with E-state index in [1.54, 1.807) is 6.07 Å². The van der Waals surface area contributed by atoms with E-state index in [2.05, 4.69) is 15.2 Å². The molecule has 4 nitrogen and oxygen atoms in total. The highest BCUT2D eigenvalue weighted by Crippen LogP contribution is 2.37. The highest BCUT2D eigenvalue weighted by atomic mass is 32.1. The molecule has 2 saturated heterocycles.